The van der Waals surface area contributed by atoms with Crippen LogP contribution in [-0.2, 0) is 9.13 Å². The van der Waals surface area contributed by atoms with Crippen molar-refractivity contribution in [1.29, 1.82) is 0 Å². The van der Waals surface area contributed by atoms with Crippen LogP contribution in [0.1, 0.15) is 135 Å². The largest absolute Gasteiger partial charge is 0.323 e. The Hall–Kier alpha value is 0.460. The molecule has 4 aliphatic carbocycles. The summed E-state index contributed by atoms with van der Waals surface area (Å²) < 4.78 is 29.3. The van der Waals surface area contributed by atoms with Crippen LogP contribution in [0, 0.1) is 0 Å². The maximum Gasteiger partial charge on any atom is 0.0936 e. The van der Waals surface area contributed by atoms with Crippen LogP contribution in [0.2, 0.25) is 0 Å². The van der Waals surface area contributed by atoms with Crippen LogP contribution >= 0.6 is 14.3 Å². The second kappa shape index (κ2) is 11.7. The molecule has 0 spiro atoms. The molecule has 0 saturated heterocycles. The summed E-state index contributed by atoms with van der Waals surface area (Å²) in [6.45, 7) is 0. The van der Waals surface area contributed by atoms with Crippen LogP contribution in [0.3, 0.4) is 0 Å². The summed E-state index contributed by atoms with van der Waals surface area (Å²) in [6, 6.07) is 0. The highest BCUT2D eigenvalue weighted by Gasteiger charge is 2.43. The number of rotatable bonds is 8. The lowest BCUT2D eigenvalue weighted by atomic mass is 9.99. The molecule has 0 aromatic heterocycles. The third-order valence-corrected chi connectivity index (χ3v) is 18.8. The van der Waals surface area contributed by atoms with Gasteiger partial charge in [-0.25, -0.2) is 0 Å². The highest BCUT2D eigenvalue weighted by Crippen LogP contribution is 2.66. The maximum atomic E-state index is 14.7. The molecule has 0 heterocycles. The molecular formula is C27H50O2P2. The van der Waals surface area contributed by atoms with Gasteiger partial charge in [0.05, 0.1) is 14.3 Å². The molecule has 180 valence electrons. The van der Waals surface area contributed by atoms with Gasteiger partial charge in [0.25, 0.3) is 0 Å². The molecule has 0 unspecified atom stereocenters. The van der Waals surface area contributed by atoms with Crippen molar-refractivity contribution in [2.45, 2.75) is 157 Å². The summed E-state index contributed by atoms with van der Waals surface area (Å²) in [5, 5.41) is 0. The number of hydrogen-bond acceptors (Lipinski definition) is 2. The van der Waals surface area contributed by atoms with E-state index in [-0.39, 0.29) is 0 Å². The molecule has 31 heavy (non-hydrogen) atoms. The SMILES string of the molecule is O=P(CCCP(=O)(C1CCCCC1)C1CCCCC1)(C1CCCCC1)C1CCCCC1. The lowest BCUT2D eigenvalue weighted by Crippen LogP contribution is -2.27. The normalized spacial score (nSPS) is 26.8. The van der Waals surface area contributed by atoms with E-state index in [0.717, 1.165) is 18.7 Å². The molecule has 0 aromatic rings. The van der Waals surface area contributed by atoms with E-state index in [1.54, 1.807) is 0 Å². The Morgan fingerprint density at radius 1 is 0.387 bits per heavy atom. The Kier molecular flexibility index (Phi) is 9.31. The quantitative estimate of drug-likeness (QED) is 0.332. The molecule has 0 atom stereocenters. The summed E-state index contributed by atoms with van der Waals surface area (Å²) in [6.07, 6.45) is 28.4. The van der Waals surface area contributed by atoms with Crippen molar-refractivity contribution >= 4 is 14.3 Å². The van der Waals surface area contributed by atoms with Crippen molar-refractivity contribution in [3.8, 4) is 0 Å². The minimum atomic E-state index is -2.16. The van der Waals surface area contributed by atoms with Crippen molar-refractivity contribution in [2.24, 2.45) is 0 Å². The van der Waals surface area contributed by atoms with E-state index in [9.17, 15) is 9.13 Å². The fourth-order valence-electron chi connectivity index (χ4n) is 7.96. The predicted octanol–water partition coefficient (Wildman–Crippen LogP) is 9.43. The van der Waals surface area contributed by atoms with E-state index in [1.165, 1.54) is 128 Å². The minimum Gasteiger partial charge on any atom is -0.323 e. The van der Waals surface area contributed by atoms with Gasteiger partial charge in [0.2, 0.25) is 0 Å². The zero-order valence-corrected chi connectivity index (χ0v) is 22.1. The van der Waals surface area contributed by atoms with Crippen LogP contribution in [0.25, 0.3) is 0 Å². The molecule has 0 N–H and O–H groups in total. The summed E-state index contributed by atoms with van der Waals surface area (Å²) in [5.41, 5.74) is 2.03. The van der Waals surface area contributed by atoms with Crippen molar-refractivity contribution in [3.05, 3.63) is 0 Å². The van der Waals surface area contributed by atoms with Gasteiger partial charge in [0, 0.05) is 35.0 Å². The molecule has 4 rings (SSSR count). The van der Waals surface area contributed by atoms with Crippen molar-refractivity contribution < 1.29 is 9.13 Å². The zero-order valence-electron chi connectivity index (χ0n) is 20.3. The van der Waals surface area contributed by atoms with E-state index in [2.05, 4.69) is 0 Å². The lowest BCUT2D eigenvalue weighted by Gasteiger charge is -2.40. The van der Waals surface area contributed by atoms with Gasteiger partial charge in [-0.2, -0.15) is 0 Å². The Morgan fingerprint density at radius 3 is 0.839 bits per heavy atom. The summed E-state index contributed by atoms with van der Waals surface area (Å²) in [7, 11) is -4.32. The Labute approximate surface area is 193 Å². The van der Waals surface area contributed by atoms with Gasteiger partial charge in [-0.15, -0.1) is 0 Å². The Bertz CT molecular complexity index is 523. The first-order valence-corrected chi connectivity index (χ1v) is 18.4. The minimum absolute atomic E-state index is 0.507. The van der Waals surface area contributed by atoms with E-state index in [1.807, 2.05) is 0 Å². The van der Waals surface area contributed by atoms with Crippen LogP contribution in [0.4, 0.5) is 0 Å². The summed E-state index contributed by atoms with van der Waals surface area (Å²) >= 11 is 0. The molecule has 4 saturated carbocycles. The highest BCUT2D eigenvalue weighted by atomic mass is 31.2. The van der Waals surface area contributed by atoms with Gasteiger partial charge in [0.1, 0.15) is 0 Å². The first-order chi connectivity index (χ1) is 15.1. The zero-order chi connectivity index (χ0) is 21.6. The average Bonchev–Trinajstić information content (AvgIpc) is 2.86. The van der Waals surface area contributed by atoms with Gasteiger partial charge < -0.3 is 9.13 Å². The fraction of sp³-hybridized carbons (Fsp3) is 1.00. The second-order valence-corrected chi connectivity index (χ2v) is 18.9. The molecule has 4 fully saturated rings. The van der Waals surface area contributed by atoms with Gasteiger partial charge in [-0.1, -0.05) is 77.0 Å². The van der Waals surface area contributed by atoms with Crippen LogP contribution in [0.5, 0.6) is 0 Å². The van der Waals surface area contributed by atoms with E-state index >= 15 is 0 Å². The van der Waals surface area contributed by atoms with E-state index in [4.69, 9.17) is 0 Å². The van der Waals surface area contributed by atoms with Crippen LogP contribution in [0.15, 0.2) is 0 Å². The first kappa shape index (κ1) is 24.6. The maximum absolute atomic E-state index is 14.7. The van der Waals surface area contributed by atoms with Gasteiger partial charge in [-0.05, 0) is 57.8 Å². The standard InChI is InChI=1S/C27H50O2P2/c28-30(24-14-5-1-6-15-24,25-16-7-2-8-17-25)22-13-23-31(29,26-18-9-3-10-19-26)27-20-11-4-12-21-27/h24-27H,1-23H2. The van der Waals surface area contributed by atoms with Crippen molar-refractivity contribution in [1.82, 2.24) is 0 Å². The molecule has 0 aliphatic heterocycles. The van der Waals surface area contributed by atoms with Crippen LogP contribution in [-0.4, -0.2) is 35.0 Å². The molecule has 4 heteroatoms. The molecule has 0 amide bonds. The van der Waals surface area contributed by atoms with Crippen molar-refractivity contribution in [3.63, 3.8) is 0 Å². The van der Waals surface area contributed by atoms with Crippen LogP contribution < -0.4 is 0 Å². The van der Waals surface area contributed by atoms with E-state index in [0.29, 0.717) is 22.6 Å². The molecular weight excluding hydrogens is 418 g/mol. The molecule has 0 bridgehead atoms. The molecule has 4 aliphatic rings. The van der Waals surface area contributed by atoms with Gasteiger partial charge in [0.15, 0.2) is 0 Å². The Balaban J connectivity index is 1.46. The number of hydrogen-bond donors (Lipinski definition) is 0. The monoisotopic (exact) mass is 468 g/mol. The third-order valence-electron chi connectivity index (χ3n) is 9.79. The second-order valence-electron chi connectivity index (χ2n) is 11.7. The smallest absolute Gasteiger partial charge is 0.0936 e. The van der Waals surface area contributed by atoms with Gasteiger partial charge in [-0.3, -0.25) is 0 Å². The van der Waals surface area contributed by atoms with Gasteiger partial charge >= 0.3 is 0 Å². The third kappa shape index (κ3) is 5.94. The molecule has 2 nitrogen and oxygen atoms in total. The summed E-state index contributed by atoms with van der Waals surface area (Å²) in [5.74, 6) is 0. The average molecular weight is 469 g/mol. The highest BCUT2D eigenvalue weighted by molar-refractivity contribution is 7.66. The first-order valence-electron chi connectivity index (χ1n) is 14.3. The Morgan fingerprint density at radius 2 is 0.613 bits per heavy atom. The van der Waals surface area contributed by atoms with Crippen molar-refractivity contribution in [2.75, 3.05) is 12.3 Å². The predicted molar refractivity (Wildman–Crippen MR) is 137 cm³/mol. The molecule has 0 aromatic carbocycles. The topological polar surface area (TPSA) is 34.1 Å². The summed E-state index contributed by atoms with van der Waals surface area (Å²) in [4.78, 5) is 0. The molecule has 0 radical (unpaired) electrons. The lowest BCUT2D eigenvalue weighted by molar-refractivity contribution is 0.443. The van der Waals surface area contributed by atoms with E-state index < -0.39 is 14.3 Å². The fourth-order valence-corrected chi connectivity index (χ4v) is 17.1.